The van der Waals surface area contributed by atoms with Crippen molar-refractivity contribution in [3.05, 3.63) is 41.5 Å². The van der Waals surface area contributed by atoms with Crippen LogP contribution in [-0.4, -0.2) is 14.2 Å². The van der Waals surface area contributed by atoms with Crippen molar-refractivity contribution >= 4 is 16.8 Å². The van der Waals surface area contributed by atoms with E-state index in [0.29, 0.717) is 17.1 Å². The molecule has 2 aromatic carbocycles. The molecule has 0 aliphatic heterocycles. The monoisotopic (exact) mass is 264 g/mol. The first-order valence-corrected chi connectivity index (χ1v) is 5.90. The van der Waals surface area contributed by atoms with Crippen molar-refractivity contribution in [3.8, 4) is 23.6 Å². The molecule has 0 heterocycles. The molecule has 0 N–H and O–H groups in total. The normalized spacial score (nSPS) is 9.40. The minimum absolute atomic E-state index is 0.0265. The van der Waals surface area contributed by atoms with Gasteiger partial charge in [-0.05, 0) is 35.0 Å². The van der Waals surface area contributed by atoms with Gasteiger partial charge in [-0.25, -0.2) is 0 Å². The fourth-order valence-corrected chi connectivity index (χ4v) is 1.99. The van der Waals surface area contributed by atoms with Gasteiger partial charge in [0.15, 0.2) is 0 Å². The molecule has 2 aromatic rings. The van der Waals surface area contributed by atoms with Crippen LogP contribution in [0.5, 0.6) is 11.5 Å². The summed E-state index contributed by atoms with van der Waals surface area (Å²) < 4.78 is 10.5. The number of allylic oxidation sites excluding steroid dienone is 1. The maximum atomic E-state index is 8.92. The summed E-state index contributed by atoms with van der Waals surface area (Å²) in [7, 11) is 3.14. The Balaban J connectivity index is 2.80. The van der Waals surface area contributed by atoms with Crippen molar-refractivity contribution < 1.29 is 9.47 Å². The van der Waals surface area contributed by atoms with Crippen LogP contribution in [0.25, 0.3) is 16.8 Å². The van der Waals surface area contributed by atoms with Crippen molar-refractivity contribution in [2.24, 2.45) is 0 Å². The highest BCUT2D eigenvalue weighted by molar-refractivity contribution is 5.95. The third-order valence-electron chi connectivity index (χ3n) is 2.98. The molecule has 4 heteroatoms. The first-order valence-electron chi connectivity index (χ1n) is 5.90. The zero-order chi connectivity index (χ0) is 14.5. The van der Waals surface area contributed by atoms with E-state index in [9.17, 15) is 0 Å². The smallest absolute Gasteiger partial charge is 0.130 e. The standard InChI is InChI=1S/C16H12N2O2/c1-19-13-5-3-12-4-6-16(20-2)15(14(12)8-13)7-11(9-17)10-18/h3-8H,1-2H3. The van der Waals surface area contributed by atoms with Crippen molar-refractivity contribution in [1.29, 1.82) is 10.5 Å². The van der Waals surface area contributed by atoms with E-state index >= 15 is 0 Å². The quantitative estimate of drug-likeness (QED) is 0.798. The lowest BCUT2D eigenvalue weighted by Gasteiger charge is -2.10. The molecule has 0 saturated carbocycles. The first-order chi connectivity index (χ1) is 9.73. The molecule has 20 heavy (non-hydrogen) atoms. The van der Waals surface area contributed by atoms with Crippen molar-refractivity contribution in [2.75, 3.05) is 14.2 Å². The van der Waals surface area contributed by atoms with Crippen LogP contribution in [-0.2, 0) is 0 Å². The van der Waals surface area contributed by atoms with Crippen LogP contribution in [0, 0.1) is 22.7 Å². The predicted molar refractivity (Wildman–Crippen MR) is 76.3 cm³/mol. The number of methoxy groups -OCH3 is 2. The van der Waals surface area contributed by atoms with Crippen LogP contribution in [0.3, 0.4) is 0 Å². The highest BCUT2D eigenvalue weighted by Crippen LogP contribution is 2.32. The van der Waals surface area contributed by atoms with Crippen LogP contribution in [0.2, 0.25) is 0 Å². The second-order valence-electron chi connectivity index (χ2n) is 4.05. The molecule has 0 amide bonds. The van der Waals surface area contributed by atoms with Gasteiger partial charge in [-0.3, -0.25) is 0 Å². The fourth-order valence-electron chi connectivity index (χ4n) is 1.99. The minimum Gasteiger partial charge on any atom is -0.497 e. The van der Waals surface area contributed by atoms with Gasteiger partial charge in [0.05, 0.1) is 14.2 Å². The maximum Gasteiger partial charge on any atom is 0.130 e. The number of rotatable bonds is 3. The largest absolute Gasteiger partial charge is 0.497 e. The van der Waals surface area contributed by atoms with Crippen LogP contribution >= 0.6 is 0 Å². The topological polar surface area (TPSA) is 66.0 Å². The lowest BCUT2D eigenvalue weighted by Crippen LogP contribution is -1.91. The zero-order valence-corrected chi connectivity index (χ0v) is 11.2. The molecule has 0 unspecified atom stereocenters. The van der Waals surface area contributed by atoms with Gasteiger partial charge < -0.3 is 9.47 Å². The molecule has 2 rings (SSSR count). The van der Waals surface area contributed by atoms with Gasteiger partial charge in [0.25, 0.3) is 0 Å². The van der Waals surface area contributed by atoms with Crippen LogP contribution in [0.15, 0.2) is 35.9 Å². The van der Waals surface area contributed by atoms with Gasteiger partial charge in [0.1, 0.15) is 29.2 Å². The van der Waals surface area contributed by atoms with Gasteiger partial charge in [-0.2, -0.15) is 10.5 Å². The Morgan fingerprint density at radius 2 is 1.75 bits per heavy atom. The van der Waals surface area contributed by atoms with Crippen LogP contribution in [0.1, 0.15) is 5.56 Å². The lowest BCUT2D eigenvalue weighted by atomic mass is 10.0. The molecule has 0 atom stereocenters. The molecule has 0 aliphatic carbocycles. The van der Waals surface area contributed by atoms with E-state index in [2.05, 4.69) is 0 Å². The molecule has 0 aliphatic rings. The molecule has 0 spiro atoms. The Labute approximate surface area is 117 Å². The number of benzene rings is 2. The lowest BCUT2D eigenvalue weighted by molar-refractivity contribution is 0.413. The predicted octanol–water partition coefficient (Wildman–Crippen LogP) is 3.29. The Morgan fingerprint density at radius 3 is 2.35 bits per heavy atom. The summed E-state index contributed by atoms with van der Waals surface area (Å²) in [5.74, 6) is 1.31. The van der Waals surface area contributed by atoms with Crippen molar-refractivity contribution in [1.82, 2.24) is 0 Å². The second-order valence-corrected chi connectivity index (χ2v) is 4.05. The van der Waals surface area contributed by atoms with E-state index < -0.39 is 0 Å². The second kappa shape index (κ2) is 5.77. The Bertz CT molecular complexity index is 743. The molecule has 0 bridgehead atoms. The fraction of sp³-hybridized carbons (Fsp3) is 0.125. The summed E-state index contributed by atoms with van der Waals surface area (Å²) in [4.78, 5) is 0. The summed E-state index contributed by atoms with van der Waals surface area (Å²) in [6, 6.07) is 13.1. The zero-order valence-electron chi connectivity index (χ0n) is 11.2. The van der Waals surface area contributed by atoms with E-state index in [1.54, 1.807) is 14.2 Å². The summed E-state index contributed by atoms with van der Waals surface area (Å²) >= 11 is 0. The molecule has 0 aromatic heterocycles. The number of hydrogen-bond donors (Lipinski definition) is 0. The number of nitrogens with zero attached hydrogens (tertiary/aromatic N) is 2. The highest BCUT2D eigenvalue weighted by Gasteiger charge is 2.09. The third kappa shape index (κ3) is 2.41. The van der Waals surface area contributed by atoms with Gasteiger partial charge >= 0.3 is 0 Å². The average molecular weight is 264 g/mol. The van der Waals surface area contributed by atoms with E-state index in [-0.39, 0.29) is 5.57 Å². The number of fused-ring (bicyclic) bond motifs is 1. The van der Waals surface area contributed by atoms with E-state index in [1.165, 1.54) is 6.08 Å². The maximum absolute atomic E-state index is 8.92. The molecule has 98 valence electrons. The van der Waals surface area contributed by atoms with E-state index in [0.717, 1.165) is 10.8 Å². The van der Waals surface area contributed by atoms with Gasteiger partial charge in [0.2, 0.25) is 0 Å². The van der Waals surface area contributed by atoms with Crippen LogP contribution in [0.4, 0.5) is 0 Å². The summed E-state index contributed by atoms with van der Waals surface area (Å²) in [5, 5.41) is 19.7. The summed E-state index contributed by atoms with van der Waals surface area (Å²) in [6.45, 7) is 0. The first kappa shape index (κ1) is 13.5. The Kier molecular flexibility index (Phi) is 3.88. The van der Waals surface area contributed by atoms with E-state index in [4.69, 9.17) is 20.0 Å². The third-order valence-corrected chi connectivity index (χ3v) is 2.98. The molecule has 0 fully saturated rings. The minimum atomic E-state index is 0.0265. The Morgan fingerprint density at radius 1 is 1.05 bits per heavy atom. The average Bonchev–Trinajstić information content (AvgIpc) is 2.51. The molecule has 0 radical (unpaired) electrons. The SMILES string of the molecule is COc1ccc2ccc(OC)c(C=C(C#N)C#N)c2c1. The van der Waals surface area contributed by atoms with Crippen molar-refractivity contribution in [3.63, 3.8) is 0 Å². The molecular weight excluding hydrogens is 252 g/mol. The summed E-state index contributed by atoms with van der Waals surface area (Å²) in [6.07, 6.45) is 1.53. The number of nitriles is 2. The van der Waals surface area contributed by atoms with E-state index in [1.807, 2.05) is 42.5 Å². The molecule has 4 nitrogen and oxygen atoms in total. The number of hydrogen-bond acceptors (Lipinski definition) is 4. The van der Waals surface area contributed by atoms with Crippen LogP contribution < -0.4 is 9.47 Å². The van der Waals surface area contributed by atoms with Gasteiger partial charge in [-0.1, -0.05) is 12.1 Å². The number of ether oxygens (including phenoxy) is 2. The molecular formula is C16H12N2O2. The highest BCUT2D eigenvalue weighted by atomic mass is 16.5. The Hall–Kier alpha value is -2.98. The molecule has 0 saturated heterocycles. The van der Waals surface area contributed by atoms with Gasteiger partial charge in [-0.15, -0.1) is 0 Å². The van der Waals surface area contributed by atoms with Gasteiger partial charge in [0, 0.05) is 5.56 Å². The summed E-state index contributed by atoms with van der Waals surface area (Å²) in [5.41, 5.74) is 0.723. The van der Waals surface area contributed by atoms with Crippen molar-refractivity contribution in [2.45, 2.75) is 0 Å².